The lowest BCUT2D eigenvalue weighted by Crippen LogP contribution is -2.22. The fraction of sp³-hybridized carbons (Fsp3) is 0.368. The molecule has 24 heavy (non-hydrogen) atoms. The zero-order chi connectivity index (χ0) is 17.7. The molecule has 2 aromatic rings. The second kappa shape index (κ2) is 8.11. The summed E-state index contributed by atoms with van der Waals surface area (Å²) >= 11 is 1.54. The van der Waals surface area contributed by atoms with Gasteiger partial charge in [0.1, 0.15) is 0 Å². The van der Waals surface area contributed by atoms with Crippen molar-refractivity contribution >= 4 is 28.9 Å². The van der Waals surface area contributed by atoms with Gasteiger partial charge >= 0.3 is 5.97 Å². The number of esters is 1. The molecule has 4 nitrogen and oxygen atoms in total. The molecule has 0 spiro atoms. The summed E-state index contributed by atoms with van der Waals surface area (Å²) in [6, 6.07) is 7.79. The maximum atomic E-state index is 12.2. The van der Waals surface area contributed by atoms with E-state index in [-0.39, 0.29) is 12.5 Å². The lowest BCUT2D eigenvalue weighted by molar-refractivity contribution is -0.119. The molecular weight excluding hydrogens is 322 g/mol. The van der Waals surface area contributed by atoms with Crippen LogP contribution in [-0.4, -0.2) is 18.5 Å². The molecule has 0 unspecified atom stereocenters. The van der Waals surface area contributed by atoms with Crippen molar-refractivity contribution in [1.82, 2.24) is 0 Å². The van der Waals surface area contributed by atoms with Gasteiger partial charge in [0.25, 0.3) is 5.91 Å². The van der Waals surface area contributed by atoms with Crippen molar-refractivity contribution < 1.29 is 14.3 Å². The van der Waals surface area contributed by atoms with Crippen LogP contribution in [0.2, 0.25) is 0 Å². The van der Waals surface area contributed by atoms with Gasteiger partial charge in [-0.05, 0) is 43.9 Å². The molecule has 0 fully saturated rings. The summed E-state index contributed by atoms with van der Waals surface area (Å²) in [5.41, 5.74) is 3.54. The number of benzene rings is 1. The third-order valence-corrected chi connectivity index (χ3v) is 4.82. The summed E-state index contributed by atoms with van der Waals surface area (Å²) in [5, 5.41) is 2.89. The van der Waals surface area contributed by atoms with Gasteiger partial charge in [-0.3, -0.25) is 4.79 Å². The number of anilines is 1. The first-order valence-corrected chi connectivity index (χ1v) is 8.92. The van der Waals surface area contributed by atoms with E-state index in [0.717, 1.165) is 39.4 Å². The standard InChI is InChI=1S/C19H23NO3S/c1-5-14-8-7-9-15(6-2)18(14)20-17(21)11-23-19(22)16-10-12(3)24-13(16)4/h7-10H,5-6,11H2,1-4H3,(H,20,21). The summed E-state index contributed by atoms with van der Waals surface area (Å²) in [5.74, 6) is -0.768. The summed E-state index contributed by atoms with van der Waals surface area (Å²) in [6.07, 6.45) is 1.66. The quantitative estimate of drug-likeness (QED) is 0.795. The van der Waals surface area contributed by atoms with Gasteiger partial charge in [-0.2, -0.15) is 0 Å². The number of carbonyl (C=O) groups excluding carboxylic acids is 2. The minimum atomic E-state index is -0.452. The second-order valence-corrected chi connectivity index (χ2v) is 7.07. The third-order valence-electron chi connectivity index (χ3n) is 3.86. The van der Waals surface area contributed by atoms with Gasteiger partial charge in [-0.15, -0.1) is 11.3 Å². The molecule has 0 radical (unpaired) electrons. The molecule has 0 aliphatic rings. The highest BCUT2D eigenvalue weighted by atomic mass is 32.1. The Labute approximate surface area is 146 Å². The van der Waals surface area contributed by atoms with E-state index in [0.29, 0.717) is 5.56 Å². The maximum absolute atomic E-state index is 12.2. The predicted octanol–water partition coefficient (Wildman–Crippen LogP) is 4.29. The van der Waals surface area contributed by atoms with Crippen LogP contribution in [0, 0.1) is 13.8 Å². The van der Waals surface area contributed by atoms with Gasteiger partial charge < -0.3 is 10.1 Å². The molecule has 1 N–H and O–H groups in total. The molecule has 1 amide bonds. The molecule has 0 saturated heterocycles. The number of aryl methyl sites for hydroxylation is 4. The largest absolute Gasteiger partial charge is 0.452 e. The number of nitrogens with one attached hydrogen (secondary N) is 1. The van der Waals surface area contributed by atoms with Crippen LogP contribution in [0.3, 0.4) is 0 Å². The number of ether oxygens (including phenoxy) is 1. The van der Waals surface area contributed by atoms with Crippen LogP contribution >= 0.6 is 11.3 Å². The van der Waals surface area contributed by atoms with E-state index in [1.165, 1.54) is 0 Å². The van der Waals surface area contributed by atoms with Crippen molar-refractivity contribution in [2.24, 2.45) is 0 Å². The average Bonchev–Trinajstić information content (AvgIpc) is 2.91. The van der Waals surface area contributed by atoms with Crippen molar-refractivity contribution in [1.29, 1.82) is 0 Å². The second-order valence-electron chi connectivity index (χ2n) is 5.61. The number of amides is 1. The number of rotatable bonds is 6. The molecule has 0 aliphatic carbocycles. The van der Waals surface area contributed by atoms with E-state index in [2.05, 4.69) is 5.32 Å². The molecule has 1 aromatic carbocycles. The molecule has 2 rings (SSSR count). The maximum Gasteiger partial charge on any atom is 0.339 e. The minimum Gasteiger partial charge on any atom is -0.452 e. The van der Waals surface area contributed by atoms with Gasteiger partial charge in [0.15, 0.2) is 6.61 Å². The Hall–Kier alpha value is -2.14. The van der Waals surface area contributed by atoms with Gasteiger partial charge in [0, 0.05) is 15.4 Å². The monoisotopic (exact) mass is 345 g/mol. The summed E-state index contributed by atoms with van der Waals surface area (Å²) in [6.45, 7) is 7.63. The number of carbonyl (C=O) groups is 2. The number of hydrogen-bond acceptors (Lipinski definition) is 4. The SMILES string of the molecule is CCc1cccc(CC)c1NC(=O)COC(=O)c1cc(C)sc1C. The van der Waals surface area contributed by atoms with E-state index in [9.17, 15) is 9.59 Å². The topological polar surface area (TPSA) is 55.4 Å². The van der Waals surface area contributed by atoms with Crippen LogP contribution < -0.4 is 5.32 Å². The normalized spacial score (nSPS) is 10.5. The summed E-state index contributed by atoms with van der Waals surface area (Å²) in [4.78, 5) is 26.2. The highest BCUT2D eigenvalue weighted by Crippen LogP contribution is 2.23. The molecule has 0 saturated carbocycles. The third kappa shape index (κ3) is 4.23. The van der Waals surface area contributed by atoms with Crippen LogP contribution in [0.5, 0.6) is 0 Å². The smallest absolute Gasteiger partial charge is 0.339 e. The average molecular weight is 345 g/mol. The first-order valence-electron chi connectivity index (χ1n) is 8.11. The Balaban J connectivity index is 2.02. The predicted molar refractivity (Wildman–Crippen MR) is 97.9 cm³/mol. The van der Waals surface area contributed by atoms with Crippen molar-refractivity contribution in [3.8, 4) is 0 Å². The fourth-order valence-corrected chi connectivity index (χ4v) is 3.53. The Morgan fingerprint density at radius 2 is 1.75 bits per heavy atom. The number of para-hydroxylation sites is 1. The molecule has 0 aliphatic heterocycles. The number of hydrogen-bond donors (Lipinski definition) is 1. The molecule has 1 aromatic heterocycles. The highest BCUT2D eigenvalue weighted by molar-refractivity contribution is 7.12. The van der Waals surface area contributed by atoms with Crippen LogP contribution in [0.1, 0.15) is 45.1 Å². The fourth-order valence-electron chi connectivity index (χ4n) is 2.62. The van der Waals surface area contributed by atoms with Crippen molar-refractivity contribution in [3.63, 3.8) is 0 Å². The van der Waals surface area contributed by atoms with Crippen molar-refractivity contribution in [2.45, 2.75) is 40.5 Å². The highest BCUT2D eigenvalue weighted by Gasteiger charge is 2.16. The lowest BCUT2D eigenvalue weighted by atomic mass is 10.0. The van der Waals surface area contributed by atoms with E-state index in [1.54, 1.807) is 17.4 Å². The summed E-state index contributed by atoms with van der Waals surface area (Å²) in [7, 11) is 0. The van der Waals surface area contributed by atoms with Crippen molar-refractivity contribution in [3.05, 3.63) is 50.7 Å². The van der Waals surface area contributed by atoms with Crippen LogP contribution in [0.15, 0.2) is 24.3 Å². The Kier molecular flexibility index (Phi) is 6.15. The van der Waals surface area contributed by atoms with E-state index in [1.807, 2.05) is 45.9 Å². The Morgan fingerprint density at radius 3 is 2.25 bits per heavy atom. The van der Waals surface area contributed by atoms with E-state index in [4.69, 9.17) is 4.74 Å². The number of thiophene rings is 1. The zero-order valence-corrected chi connectivity index (χ0v) is 15.4. The van der Waals surface area contributed by atoms with E-state index >= 15 is 0 Å². The van der Waals surface area contributed by atoms with Gasteiger partial charge in [0.05, 0.1) is 5.56 Å². The first-order chi connectivity index (χ1) is 11.5. The Bertz CT molecular complexity index is 727. The lowest BCUT2D eigenvalue weighted by Gasteiger charge is -2.14. The van der Waals surface area contributed by atoms with Crippen molar-refractivity contribution in [2.75, 3.05) is 11.9 Å². The van der Waals surface area contributed by atoms with Gasteiger partial charge in [-0.1, -0.05) is 32.0 Å². The Morgan fingerprint density at radius 1 is 1.12 bits per heavy atom. The van der Waals surface area contributed by atoms with Crippen LogP contribution in [0.25, 0.3) is 0 Å². The van der Waals surface area contributed by atoms with E-state index < -0.39 is 5.97 Å². The molecular formula is C19H23NO3S. The molecule has 128 valence electrons. The molecule has 1 heterocycles. The van der Waals surface area contributed by atoms with Crippen LogP contribution in [0.4, 0.5) is 5.69 Å². The summed E-state index contributed by atoms with van der Waals surface area (Å²) < 4.78 is 5.16. The zero-order valence-electron chi connectivity index (χ0n) is 14.6. The molecule has 0 atom stereocenters. The van der Waals surface area contributed by atoms with Gasteiger partial charge in [-0.25, -0.2) is 4.79 Å². The molecule has 5 heteroatoms. The molecule has 0 bridgehead atoms. The first kappa shape index (κ1) is 18.2. The van der Waals surface area contributed by atoms with Crippen LogP contribution in [-0.2, 0) is 22.4 Å². The minimum absolute atomic E-state index is 0.283. The van der Waals surface area contributed by atoms with Gasteiger partial charge in [0.2, 0.25) is 0 Å².